The summed E-state index contributed by atoms with van der Waals surface area (Å²) >= 11 is 0. The highest BCUT2D eigenvalue weighted by atomic mass is 32.2. The zero-order valence-corrected chi connectivity index (χ0v) is 12.6. The van der Waals surface area contributed by atoms with Gasteiger partial charge in [-0.3, -0.25) is 0 Å². The molecule has 0 saturated carbocycles. The van der Waals surface area contributed by atoms with Crippen molar-refractivity contribution in [3.63, 3.8) is 0 Å². The number of aromatic nitrogens is 2. The van der Waals surface area contributed by atoms with E-state index in [1.54, 1.807) is 0 Å². The molecule has 2 rings (SSSR count). The molecule has 0 N–H and O–H groups in total. The van der Waals surface area contributed by atoms with Gasteiger partial charge in [0.1, 0.15) is 0 Å². The summed E-state index contributed by atoms with van der Waals surface area (Å²) in [6, 6.07) is 5.69. The molecular weight excluding hydrogens is 321 g/mol. The van der Waals surface area contributed by atoms with Gasteiger partial charge in [0.25, 0.3) is 0 Å². The minimum absolute atomic E-state index is 0.115. The number of benzene rings is 1. The molecule has 120 valence electrons. The van der Waals surface area contributed by atoms with E-state index in [4.69, 9.17) is 4.52 Å². The van der Waals surface area contributed by atoms with Crippen LogP contribution in [0.1, 0.15) is 12.8 Å². The molecule has 0 radical (unpaired) electrons. The highest BCUT2D eigenvalue weighted by molar-refractivity contribution is 7.90. The lowest BCUT2D eigenvalue weighted by Gasteiger charge is -2.12. The Bertz CT molecular complexity index is 752. The number of sulfone groups is 1. The molecule has 1 atom stereocenters. The molecule has 0 amide bonds. The van der Waals surface area contributed by atoms with Crippen molar-refractivity contribution in [3.8, 4) is 11.4 Å². The van der Waals surface area contributed by atoms with Crippen LogP contribution in [0.25, 0.3) is 11.4 Å². The smallest absolute Gasteiger partial charge is 0.339 e. The van der Waals surface area contributed by atoms with Gasteiger partial charge in [0, 0.05) is 18.2 Å². The molecule has 1 aromatic carbocycles. The maximum absolute atomic E-state index is 12.5. The van der Waals surface area contributed by atoms with Crippen LogP contribution in [0, 0.1) is 5.92 Å². The Morgan fingerprint density at radius 1 is 1.23 bits per heavy atom. The SMILES string of the molecule is CC(Cc1nc(-c2ccc(S(C)(=O)=O)cc2)no1)C(F)(F)F. The third kappa shape index (κ3) is 3.85. The van der Waals surface area contributed by atoms with Crippen molar-refractivity contribution in [2.45, 2.75) is 24.4 Å². The van der Waals surface area contributed by atoms with Gasteiger partial charge in [-0.25, -0.2) is 8.42 Å². The predicted molar refractivity (Wildman–Crippen MR) is 71.8 cm³/mol. The molecular formula is C13H13F3N2O3S. The largest absolute Gasteiger partial charge is 0.392 e. The maximum atomic E-state index is 12.5. The van der Waals surface area contributed by atoms with Crippen LogP contribution >= 0.6 is 0 Å². The molecule has 1 heterocycles. The highest BCUT2D eigenvalue weighted by Gasteiger charge is 2.37. The molecule has 2 aromatic rings. The lowest BCUT2D eigenvalue weighted by molar-refractivity contribution is -0.170. The number of hydrogen-bond donors (Lipinski definition) is 0. The van der Waals surface area contributed by atoms with Gasteiger partial charge in [0.2, 0.25) is 11.7 Å². The van der Waals surface area contributed by atoms with Crippen molar-refractivity contribution in [3.05, 3.63) is 30.2 Å². The lowest BCUT2D eigenvalue weighted by atomic mass is 10.1. The lowest BCUT2D eigenvalue weighted by Crippen LogP contribution is -2.21. The summed E-state index contributed by atoms with van der Waals surface area (Å²) in [5.41, 5.74) is 0.460. The second-order valence-electron chi connectivity index (χ2n) is 4.96. The van der Waals surface area contributed by atoms with Crippen molar-refractivity contribution in [2.75, 3.05) is 6.26 Å². The van der Waals surface area contributed by atoms with Crippen molar-refractivity contribution in [1.29, 1.82) is 0 Å². The molecule has 1 unspecified atom stereocenters. The zero-order valence-electron chi connectivity index (χ0n) is 11.8. The average Bonchev–Trinajstić information content (AvgIpc) is 2.85. The van der Waals surface area contributed by atoms with E-state index >= 15 is 0 Å². The summed E-state index contributed by atoms with van der Waals surface area (Å²) in [5, 5.41) is 3.61. The van der Waals surface area contributed by atoms with E-state index in [1.807, 2.05) is 0 Å². The topological polar surface area (TPSA) is 73.1 Å². The molecule has 0 aliphatic heterocycles. The number of alkyl halides is 3. The van der Waals surface area contributed by atoms with Crippen molar-refractivity contribution in [2.24, 2.45) is 5.92 Å². The van der Waals surface area contributed by atoms with Crippen LogP contribution in [0.15, 0.2) is 33.7 Å². The standard InChI is InChI=1S/C13H13F3N2O3S/c1-8(13(14,15)16)7-11-17-12(18-21-11)9-3-5-10(6-4-9)22(2,19)20/h3-6,8H,7H2,1-2H3. The first-order valence-corrected chi connectivity index (χ1v) is 8.16. The van der Waals surface area contributed by atoms with Crippen molar-refractivity contribution < 1.29 is 26.1 Å². The minimum Gasteiger partial charge on any atom is -0.339 e. The zero-order chi connectivity index (χ0) is 16.5. The molecule has 22 heavy (non-hydrogen) atoms. The van der Waals surface area contributed by atoms with E-state index < -0.39 is 28.4 Å². The molecule has 0 aliphatic carbocycles. The van der Waals surface area contributed by atoms with Crippen LogP contribution in [0.4, 0.5) is 13.2 Å². The predicted octanol–water partition coefficient (Wildman–Crippen LogP) is 2.88. The number of rotatable bonds is 4. The minimum atomic E-state index is -4.33. The highest BCUT2D eigenvalue weighted by Crippen LogP contribution is 2.28. The van der Waals surface area contributed by atoms with Gasteiger partial charge in [0.15, 0.2) is 9.84 Å². The Morgan fingerprint density at radius 2 is 1.82 bits per heavy atom. The summed E-state index contributed by atoms with van der Waals surface area (Å²) in [7, 11) is -3.32. The molecule has 0 saturated heterocycles. The Hall–Kier alpha value is -1.90. The normalized spacial score (nSPS) is 14.0. The molecule has 0 bridgehead atoms. The third-order valence-electron chi connectivity index (χ3n) is 3.05. The van der Waals surface area contributed by atoms with E-state index in [0.717, 1.165) is 13.2 Å². The Kier molecular flexibility index (Phi) is 4.28. The van der Waals surface area contributed by atoms with E-state index in [9.17, 15) is 21.6 Å². The van der Waals surface area contributed by atoms with Gasteiger partial charge in [0.05, 0.1) is 10.8 Å². The first kappa shape index (κ1) is 16.5. The van der Waals surface area contributed by atoms with Crippen LogP contribution in [0.2, 0.25) is 0 Å². The summed E-state index contributed by atoms with van der Waals surface area (Å²) in [5.74, 6) is -1.59. The molecule has 9 heteroatoms. The van der Waals surface area contributed by atoms with Crippen LogP contribution in [-0.4, -0.2) is 31.0 Å². The molecule has 0 spiro atoms. The fraction of sp³-hybridized carbons (Fsp3) is 0.385. The monoisotopic (exact) mass is 334 g/mol. The van der Waals surface area contributed by atoms with E-state index in [1.165, 1.54) is 24.3 Å². The average molecular weight is 334 g/mol. The second kappa shape index (κ2) is 5.71. The molecule has 0 fully saturated rings. The summed E-state index contributed by atoms with van der Waals surface area (Å²) < 4.78 is 64.9. The van der Waals surface area contributed by atoms with Gasteiger partial charge >= 0.3 is 6.18 Å². The summed E-state index contributed by atoms with van der Waals surface area (Å²) in [4.78, 5) is 4.03. The molecule has 5 nitrogen and oxygen atoms in total. The third-order valence-corrected chi connectivity index (χ3v) is 4.18. The molecule has 1 aromatic heterocycles. The molecule has 0 aliphatic rings. The van der Waals surface area contributed by atoms with Gasteiger partial charge in [-0.2, -0.15) is 18.2 Å². The van der Waals surface area contributed by atoms with Crippen LogP contribution < -0.4 is 0 Å². The Balaban J connectivity index is 2.18. The summed E-state index contributed by atoms with van der Waals surface area (Å²) in [6.07, 6.45) is -3.66. The first-order chi connectivity index (χ1) is 10.1. The fourth-order valence-electron chi connectivity index (χ4n) is 1.68. The van der Waals surface area contributed by atoms with Gasteiger partial charge in [-0.15, -0.1) is 0 Å². The van der Waals surface area contributed by atoms with Gasteiger partial charge < -0.3 is 4.52 Å². The first-order valence-electron chi connectivity index (χ1n) is 6.27. The fourth-order valence-corrected chi connectivity index (χ4v) is 2.31. The maximum Gasteiger partial charge on any atom is 0.392 e. The van der Waals surface area contributed by atoms with Crippen molar-refractivity contribution in [1.82, 2.24) is 10.1 Å². The number of hydrogen-bond acceptors (Lipinski definition) is 5. The number of halogens is 3. The number of nitrogens with zero attached hydrogens (tertiary/aromatic N) is 2. The Labute approximate surface area is 125 Å². The summed E-state index contributed by atoms with van der Waals surface area (Å²) in [6.45, 7) is 1.03. The van der Waals surface area contributed by atoms with Crippen molar-refractivity contribution >= 4 is 9.84 Å². The van der Waals surface area contributed by atoms with Crippen LogP contribution in [0.3, 0.4) is 0 Å². The van der Waals surface area contributed by atoms with Crippen LogP contribution in [-0.2, 0) is 16.3 Å². The van der Waals surface area contributed by atoms with Crippen LogP contribution in [0.5, 0.6) is 0 Å². The van der Waals surface area contributed by atoms with E-state index in [0.29, 0.717) is 5.56 Å². The van der Waals surface area contributed by atoms with Gasteiger partial charge in [-0.05, 0) is 24.3 Å². The Morgan fingerprint density at radius 3 is 2.32 bits per heavy atom. The van der Waals surface area contributed by atoms with E-state index in [-0.39, 0.29) is 16.6 Å². The second-order valence-corrected chi connectivity index (χ2v) is 6.97. The quantitative estimate of drug-likeness (QED) is 0.859. The van der Waals surface area contributed by atoms with Gasteiger partial charge in [-0.1, -0.05) is 12.1 Å². The van der Waals surface area contributed by atoms with E-state index in [2.05, 4.69) is 10.1 Å².